The molecule has 0 saturated carbocycles. The highest BCUT2D eigenvalue weighted by Crippen LogP contribution is 2.45. The minimum Gasteiger partial charge on any atom is -0.456 e. The average molecular weight is 610 g/mol. The lowest BCUT2D eigenvalue weighted by atomic mass is 9.87. The van der Waals surface area contributed by atoms with E-state index in [0.717, 1.165) is 47.6 Å². The van der Waals surface area contributed by atoms with Gasteiger partial charge in [-0.3, -0.25) is 4.57 Å². The van der Waals surface area contributed by atoms with Crippen LogP contribution in [0.15, 0.2) is 118 Å². The maximum absolute atomic E-state index is 6.68. The molecule has 228 valence electrons. The van der Waals surface area contributed by atoms with E-state index in [0.29, 0.717) is 11.8 Å². The highest BCUT2D eigenvalue weighted by molar-refractivity contribution is 6.04. The highest BCUT2D eigenvalue weighted by atomic mass is 16.3. The van der Waals surface area contributed by atoms with Crippen LogP contribution in [0.4, 0.5) is 5.69 Å². The molecule has 0 N–H and O–H groups in total. The lowest BCUT2D eigenvalue weighted by molar-refractivity contribution is 0.351. The third-order valence-electron chi connectivity index (χ3n) is 10.7. The van der Waals surface area contributed by atoms with Crippen molar-refractivity contribution in [1.29, 1.82) is 0 Å². The van der Waals surface area contributed by atoms with Crippen LogP contribution in [0.5, 0.6) is 0 Å². The van der Waals surface area contributed by atoms with Gasteiger partial charge in [-0.25, -0.2) is 4.99 Å². The third kappa shape index (κ3) is 3.97. The van der Waals surface area contributed by atoms with E-state index in [4.69, 9.17) is 9.41 Å². The lowest BCUT2D eigenvalue weighted by Gasteiger charge is -2.34. The molecule has 3 heterocycles. The van der Waals surface area contributed by atoms with Gasteiger partial charge in [0.25, 0.3) is 0 Å². The second-order valence-electron chi connectivity index (χ2n) is 13.7. The molecule has 6 aromatic rings. The SMILES string of the molecule is CC1CC=Cc2c(ccc3c2c2c(n3C3=Nc4c(oc5ccccc45)C(c4ccc5ccccc5c4)N3C)=CC3=CC=CCC3C=2)C1. The van der Waals surface area contributed by atoms with Gasteiger partial charge in [0.1, 0.15) is 17.3 Å². The van der Waals surface area contributed by atoms with Crippen molar-refractivity contribution in [3.05, 3.63) is 142 Å². The number of aromatic nitrogens is 1. The summed E-state index contributed by atoms with van der Waals surface area (Å²) in [5, 5.41) is 7.38. The lowest BCUT2D eigenvalue weighted by Crippen LogP contribution is -2.45. The second kappa shape index (κ2) is 10.1. The number of hydrogen-bond donors (Lipinski definition) is 0. The molecule has 47 heavy (non-hydrogen) atoms. The van der Waals surface area contributed by atoms with Gasteiger partial charge in [-0.1, -0.05) is 98.0 Å². The molecule has 4 heteroatoms. The van der Waals surface area contributed by atoms with E-state index in [1.165, 1.54) is 54.5 Å². The Morgan fingerprint density at radius 1 is 0.894 bits per heavy atom. The molecule has 3 unspecified atom stereocenters. The van der Waals surface area contributed by atoms with Crippen LogP contribution in [0, 0.1) is 11.8 Å². The molecule has 2 aromatic heterocycles. The van der Waals surface area contributed by atoms with Crippen LogP contribution in [-0.4, -0.2) is 22.5 Å². The maximum atomic E-state index is 6.68. The van der Waals surface area contributed by atoms with E-state index in [9.17, 15) is 0 Å². The summed E-state index contributed by atoms with van der Waals surface area (Å²) in [7, 11) is 2.18. The molecule has 4 aromatic carbocycles. The first kappa shape index (κ1) is 26.8. The molecular weight excluding hydrogens is 574 g/mol. The van der Waals surface area contributed by atoms with Crippen molar-refractivity contribution >= 4 is 62.5 Å². The number of allylic oxidation sites excluding steroid dienone is 5. The number of aliphatic imine (C=N–C) groups is 1. The topological polar surface area (TPSA) is 33.7 Å². The van der Waals surface area contributed by atoms with Gasteiger partial charge in [0.15, 0.2) is 5.76 Å². The smallest absolute Gasteiger partial charge is 0.211 e. The summed E-state index contributed by atoms with van der Waals surface area (Å²) in [4.78, 5) is 7.85. The molecule has 0 amide bonds. The normalized spacial score (nSPS) is 21.3. The van der Waals surface area contributed by atoms with E-state index in [2.05, 4.69) is 139 Å². The van der Waals surface area contributed by atoms with Gasteiger partial charge in [0, 0.05) is 29.0 Å². The van der Waals surface area contributed by atoms with Crippen LogP contribution >= 0.6 is 0 Å². The predicted molar refractivity (Wildman–Crippen MR) is 194 cm³/mol. The van der Waals surface area contributed by atoms with Crippen molar-refractivity contribution < 1.29 is 4.42 Å². The second-order valence-corrected chi connectivity index (χ2v) is 13.7. The Morgan fingerprint density at radius 3 is 2.70 bits per heavy atom. The minimum atomic E-state index is -0.152. The van der Waals surface area contributed by atoms with Crippen molar-refractivity contribution in [1.82, 2.24) is 9.47 Å². The van der Waals surface area contributed by atoms with E-state index >= 15 is 0 Å². The number of fused-ring (bicyclic) bond motifs is 10. The van der Waals surface area contributed by atoms with Crippen molar-refractivity contribution in [2.75, 3.05) is 7.05 Å². The summed E-state index contributed by atoms with van der Waals surface area (Å²) in [6, 6.07) is 28.3. The first-order valence-corrected chi connectivity index (χ1v) is 16.9. The Balaban J connectivity index is 1.29. The molecule has 0 saturated heterocycles. The van der Waals surface area contributed by atoms with Crippen molar-refractivity contribution in [3.63, 3.8) is 0 Å². The fourth-order valence-corrected chi connectivity index (χ4v) is 8.40. The van der Waals surface area contributed by atoms with Gasteiger partial charge in [-0.05, 0) is 88.6 Å². The molecule has 0 bridgehead atoms. The molecule has 4 aliphatic rings. The van der Waals surface area contributed by atoms with Crippen LogP contribution < -0.4 is 10.6 Å². The quantitative estimate of drug-likeness (QED) is 0.187. The van der Waals surface area contributed by atoms with Gasteiger partial charge in [-0.15, -0.1) is 0 Å². The molecule has 0 radical (unpaired) electrons. The number of benzene rings is 4. The van der Waals surface area contributed by atoms with E-state index < -0.39 is 0 Å². The predicted octanol–water partition coefficient (Wildman–Crippen LogP) is 8.78. The Hall–Kier alpha value is -5.35. The maximum Gasteiger partial charge on any atom is 0.211 e. The van der Waals surface area contributed by atoms with Gasteiger partial charge in [0.05, 0.1) is 10.9 Å². The van der Waals surface area contributed by atoms with E-state index in [1.54, 1.807) is 0 Å². The molecular formula is C43H35N3O. The van der Waals surface area contributed by atoms with E-state index in [1.807, 2.05) is 6.07 Å². The largest absolute Gasteiger partial charge is 0.456 e. The Morgan fingerprint density at radius 2 is 1.77 bits per heavy atom. The first-order chi connectivity index (χ1) is 23.1. The summed E-state index contributed by atoms with van der Waals surface area (Å²) in [5.41, 5.74) is 8.34. The molecule has 1 aliphatic heterocycles. The zero-order valence-electron chi connectivity index (χ0n) is 26.7. The van der Waals surface area contributed by atoms with Gasteiger partial charge in [0.2, 0.25) is 5.96 Å². The summed E-state index contributed by atoms with van der Waals surface area (Å²) in [5.74, 6) is 2.81. The number of para-hydroxylation sites is 1. The van der Waals surface area contributed by atoms with Crippen LogP contribution in [-0.2, 0) is 6.42 Å². The van der Waals surface area contributed by atoms with Gasteiger partial charge >= 0.3 is 0 Å². The number of hydrogen-bond acceptors (Lipinski definition) is 3. The fraction of sp³-hybridized carbons (Fsp3) is 0.186. The van der Waals surface area contributed by atoms with E-state index in [-0.39, 0.29) is 6.04 Å². The van der Waals surface area contributed by atoms with Crippen LogP contribution in [0.1, 0.15) is 48.3 Å². The van der Waals surface area contributed by atoms with Crippen molar-refractivity contribution in [3.8, 4) is 0 Å². The monoisotopic (exact) mass is 609 g/mol. The number of nitrogens with zero attached hydrogens (tertiary/aromatic N) is 3. The van der Waals surface area contributed by atoms with Gasteiger partial charge in [-0.2, -0.15) is 0 Å². The Bertz CT molecular complexity index is 2550. The Kier molecular flexibility index (Phi) is 5.75. The summed E-state index contributed by atoms with van der Waals surface area (Å²) < 4.78 is 9.11. The zero-order valence-corrected chi connectivity index (χ0v) is 26.7. The molecule has 0 spiro atoms. The first-order valence-electron chi connectivity index (χ1n) is 16.9. The molecule has 10 rings (SSSR count). The minimum absolute atomic E-state index is 0.152. The average Bonchev–Trinajstić information content (AvgIpc) is 3.54. The highest BCUT2D eigenvalue weighted by Gasteiger charge is 2.36. The summed E-state index contributed by atoms with van der Waals surface area (Å²) in [6.45, 7) is 2.36. The van der Waals surface area contributed by atoms with Crippen LogP contribution in [0.3, 0.4) is 0 Å². The fourth-order valence-electron chi connectivity index (χ4n) is 8.40. The molecule has 3 atom stereocenters. The molecule has 3 aliphatic carbocycles. The number of rotatable bonds is 1. The zero-order chi connectivity index (χ0) is 31.2. The molecule has 0 fully saturated rings. The molecule has 4 nitrogen and oxygen atoms in total. The van der Waals surface area contributed by atoms with Gasteiger partial charge < -0.3 is 9.32 Å². The standard InChI is InChI=1S/C43H35N3O/c1-26-10-9-16-33-31(22-26)20-21-36-39(33)35-24-29-13-5-6-14-30(29)25-37(35)46(36)43-44-40-34-15-7-8-17-38(34)47-42(40)41(45(43)2)32-19-18-27-11-3-4-12-28(27)23-32/h3-9,11-12,14-21,23-26,29,41H,10,13,22H2,1-2H3. The number of furan rings is 1. The summed E-state index contributed by atoms with van der Waals surface area (Å²) in [6.07, 6.45) is 19.7. The van der Waals surface area contributed by atoms with Crippen LogP contribution in [0.2, 0.25) is 0 Å². The summed E-state index contributed by atoms with van der Waals surface area (Å²) >= 11 is 0. The Labute approximate surface area is 273 Å². The van der Waals surface area contributed by atoms with Crippen LogP contribution in [0.25, 0.3) is 50.9 Å². The van der Waals surface area contributed by atoms with Crippen molar-refractivity contribution in [2.45, 2.75) is 32.2 Å². The third-order valence-corrected chi connectivity index (χ3v) is 10.7. The van der Waals surface area contributed by atoms with Crippen molar-refractivity contribution in [2.24, 2.45) is 16.8 Å².